The van der Waals surface area contributed by atoms with Gasteiger partial charge in [0.05, 0.1) is 17.0 Å². The van der Waals surface area contributed by atoms with Gasteiger partial charge in [-0.3, -0.25) is 13.9 Å². The number of nitrogens with one attached hydrogen (secondary N) is 1. The van der Waals surface area contributed by atoms with E-state index in [0.29, 0.717) is 5.02 Å². The number of halogens is 3. The first-order valence-corrected chi connectivity index (χ1v) is 11.7. The summed E-state index contributed by atoms with van der Waals surface area (Å²) in [6.07, 6.45) is 0.925. The van der Waals surface area contributed by atoms with E-state index in [-0.39, 0.29) is 22.8 Å². The van der Waals surface area contributed by atoms with Gasteiger partial charge in [0.15, 0.2) is 0 Å². The molecule has 0 aliphatic rings. The second kappa shape index (κ2) is 10.3. The van der Waals surface area contributed by atoms with Gasteiger partial charge in [0.1, 0.15) is 18.4 Å². The Labute approximate surface area is 190 Å². The predicted molar refractivity (Wildman–Crippen MR) is 119 cm³/mol. The van der Waals surface area contributed by atoms with E-state index >= 15 is 0 Å². The molecule has 0 spiro atoms. The maximum Gasteiger partial charge on any atom is 0.244 e. The van der Waals surface area contributed by atoms with Gasteiger partial charge >= 0.3 is 0 Å². The monoisotopic (exact) mass is 489 g/mol. The molecule has 0 fully saturated rings. The largest absolute Gasteiger partial charge is 0.357 e. The first-order chi connectivity index (χ1) is 14.5. The summed E-state index contributed by atoms with van der Waals surface area (Å²) in [4.78, 5) is 26.5. The topological polar surface area (TPSA) is 86.8 Å². The van der Waals surface area contributed by atoms with Crippen molar-refractivity contribution in [2.75, 3.05) is 24.2 Å². The van der Waals surface area contributed by atoms with Gasteiger partial charge in [-0.25, -0.2) is 12.8 Å². The molecule has 0 bridgehead atoms. The van der Waals surface area contributed by atoms with Crippen LogP contribution in [0.4, 0.5) is 10.1 Å². The molecule has 0 aliphatic carbocycles. The molecule has 7 nitrogen and oxygen atoms in total. The first-order valence-electron chi connectivity index (χ1n) is 9.13. The van der Waals surface area contributed by atoms with Crippen molar-refractivity contribution in [2.45, 2.75) is 19.5 Å². The Morgan fingerprint density at radius 2 is 1.81 bits per heavy atom. The zero-order valence-electron chi connectivity index (χ0n) is 17.1. The van der Waals surface area contributed by atoms with E-state index < -0.39 is 40.2 Å². The van der Waals surface area contributed by atoms with Crippen molar-refractivity contribution >= 4 is 50.7 Å². The maximum atomic E-state index is 14.2. The molecule has 2 aromatic rings. The van der Waals surface area contributed by atoms with Gasteiger partial charge in [-0.05, 0) is 31.2 Å². The Balaban J connectivity index is 2.43. The van der Waals surface area contributed by atoms with E-state index in [0.717, 1.165) is 15.5 Å². The number of likely N-dealkylation sites (N-methyl/N-ethyl adjacent to an activating group) is 1. The molecule has 0 aliphatic heterocycles. The third-order valence-electron chi connectivity index (χ3n) is 4.57. The number of hydrogen-bond donors (Lipinski definition) is 1. The smallest absolute Gasteiger partial charge is 0.244 e. The molecule has 1 N–H and O–H groups in total. The van der Waals surface area contributed by atoms with E-state index in [9.17, 15) is 22.4 Å². The number of anilines is 1. The first kappa shape index (κ1) is 24.9. The highest BCUT2D eigenvalue weighted by molar-refractivity contribution is 7.92. The van der Waals surface area contributed by atoms with Gasteiger partial charge in [0.2, 0.25) is 21.8 Å². The summed E-state index contributed by atoms with van der Waals surface area (Å²) in [6, 6.07) is 9.00. The van der Waals surface area contributed by atoms with Crippen molar-refractivity contribution < 1.29 is 22.4 Å². The number of amides is 2. The Bertz CT molecular complexity index is 1080. The zero-order chi connectivity index (χ0) is 23.3. The molecule has 11 heteroatoms. The van der Waals surface area contributed by atoms with Gasteiger partial charge in [-0.2, -0.15) is 0 Å². The molecule has 2 amide bonds. The van der Waals surface area contributed by atoms with Gasteiger partial charge < -0.3 is 10.2 Å². The number of carbonyl (C=O) groups is 2. The molecule has 2 aromatic carbocycles. The normalized spacial score (nSPS) is 12.2. The summed E-state index contributed by atoms with van der Waals surface area (Å²) in [7, 11) is -2.53. The summed E-state index contributed by atoms with van der Waals surface area (Å²) in [6.45, 7) is 0.597. The molecule has 0 heterocycles. The highest BCUT2D eigenvalue weighted by Crippen LogP contribution is 2.30. The van der Waals surface area contributed by atoms with E-state index in [1.807, 2.05) is 0 Å². The van der Waals surface area contributed by atoms with Crippen LogP contribution in [0.25, 0.3) is 0 Å². The van der Waals surface area contributed by atoms with E-state index in [2.05, 4.69) is 5.32 Å². The quantitative estimate of drug-likeness (QED) is 0.617. The molecule has 168 valence electrons. The minimum atomic E-state index is -3.93. The number of carbonyl (C=O) groups excluding carboxylic acids is 2. The van der Waals surface area contributed by atoms with Gasteiger partial charge in [-0.15, -0.1) is 0 Å². The van der Waals surface area contributed by atoms with E-state index in [4.69, 9.17) is 23.2 Å². The van der Waals surface area contributed by atoms with Crippen molar-refractivity contribution in [1.29, 1.82) is 0 Å². The van der Waals surface area contributed by atoms with Crippen LogP contribution in [0, 0.1) is 5.82 Å². The van der Waals surface area contributed by atoms with Gasteiger partial charge in [0, 0.05) is 24.2 Å². The van der Waals surface area contributed by atoms with Crippen LogP contribution in [0.3, 0.4) is 0 Å². The van der Waals surface area contributed by atoms with Crippen molar-refractivity contribution in [3.8, 4) is 0 Å². The molecular formula is C20H22Cl2FN3O4S. The Morgan fingerprint density at radius 3 is 2.35 bits per heavy atom. The Kier molecular flexibility index (Phi) is 8.27. The second-order valence-corrected chi connectivity index (χ2v) is 9.52. The van der Waals surface area contributed by atoms with Crippen LogP contribution < -0.4 is 9.62 Å². The fourth-order valence-electron chi connectivity index (χ4n) is 2.88. The number of rotatable bonds is 8. The van der Waals surface area contributed by atoms with Crippen molar-refractivity contribution in [3.63, 3.8) is 0 Å². The predicted octanol–water partition coefficient (Wildman–Crippen LogP) is 3.06. The fourth-order valence-corrected chi connectivity index (χ4v) is 4.30. The summed E-state index contributed by atoms with van der Waals surface area (Å²) >= 11 is 12.0. The van der Waals surface area contributed by atoms with Crippen molar-refractivity contribution in [3.05, 3.63) is 63.9 Å². The Morgan fingerprint density at radius 1 is 1.16 bits per heavy atom. The highest BCUT2D eigenvalue weighted by Gasteiger charge is 2.30. The lowest BCUT2D eigenvalue weighted by molar-refractivity contribution is -0.139. The molecule has 1 atom stereocenters. The van der Waals surface area contributed by atoms with Gasteiger partial charge in [-0.1, -0.05) is 41.4 Å². The fraction of sp³-hybridized carbons (Fsp3) is 0.300. The lowest BCUT2D eigenvalue weighted by Gasteiger charge is -2.31. The van der Waals surface area contributed by atoms with Crippen molar-refractivity contribution in [2.24, 2.45) is 0 Å². The van der Waals surface area contributed by atoms with Crippen LogP contribution in [0.5, 0.6) is 0 Å². The number of benzene rings is 2. The summed E-state index contributed by atoms with van der Waals surface area (Å²) in [5.74, 6) is -1.75. The van der Waals surface area contributed by atoms with Crippen LogP contribution in [0.1, 0.15) is 12.5 Å². The molecule has 0 saturated heterocycles. The molecule has 0 aromatic heterocycles. The van der Waals surface area contributed by atoms with Crippen LogP contribution in [0.15, 0.2) is 42.5 Å². The molecule has 0 saturated carbocycles. The molecule has 31 heavy (non-hydrogen) atoms. The minimum absolute atomic E-state index is 0.0331. The molecular weight excluding hydrogens is 468 g/mol. The maximum absolute atomic E-state index is 14.2. The SMILES string of the molecule is CNC(=O)[C@H](C)N(Cc1ccccc1F)C(=O)CN(c1ccc(Cl)cc1Cl)S(C)(=O)=O. The lowest BCUT2D eigenvalue weighted by atomic mass is 10.1. The van der Waals surface area contributed by atoms with Crippen LogP contribution >= 0.6 is 23.2 Å². The number of sulfonamides is 1. The highest BCUT2D eigenvalue weighted by atomic mass is 35.5. The summed E-state index contributed by atoms with van der Waals surface area (Å²) in [5, 5.41) is 2.76. The standard InChI is InChI=1S/C20H22Cl2FN3O4S/c1-13(20(28)24-2)25(11-14-6-4-5-7-17(14)23)19(27)12-26(31(3,29)30)18-9-8-15(21)10-16(18)22/h4-10,13H,11-12H2,1-3H3,(H,24,28)/t13-/m0/s1. The third kappa shape index (κ3) is 6.32. The average molecular weight is 490 g/mol. The third-order valence-corrected chi connectivity index (χ3v) is 6.23. The minimum Gasteiger partial charge on any atom is -0.357 e. The van der Waals surface area contributed by atoms with Crippen molar-refractivity contribution in [1.82, 2.24) is 10.2 Å². The molecule has 2 rings (SSSR count). The van der Waals surface area contributed by atoms with Crippen LogP contribution in [0.2, 0.25) is 10.0 Å². The Hall–Kier alpha value is -2.36. The summed E-state index contributed by atoms with van der Waals surface area (Å²) < 4.78 is 39.9. The van der Waals surface area contributed by atoms with Crippen LogP contribution in [-0.4, -0.2) is 51.0 Å². The number of nitrogens with zero attached hydrogens (tertiary/aromatic N) is 2. The molecule has 0 radical (unpaired) electrons. The second-order valence-electron chi connectivity index (χ2n) is 6.77. The molecule has 0 unspecified atom stereocenters. The number of hydrogen-bond acceptors (Lipinski definition) is 4. The lowest BCUT2D eigenvalue weighted by Crippen LogP contribution is -2.50. The van der Waals surface area contributed by atoms with E-state index in [1.54, 1.807) is 6.07 Å². The van der Waals surface area contributed by atoms with Gasteiger partial charge in [0.25, 0.3) is 0 Å². The average Bonchev–Trinajstić information content (AvgIpc) is 2.70. The van der Waals surface area contributed by atoms with E-state index in [1.165, 1.54) is 50.4 Å². The summed E-state index contributed by atoms with van der Waals surface area (Å²) in [5.41, 5.74) is 0.238. The van der Waals surface area contributed by atoms with Crippen LogP contribution in [-0.2, 0) is 26.2 Å². The zero-order valence-corrected chi connectivity index (χ0v) is 19.4.